The Bertz CT molecular complexity index is 855. The van der Waals surface area contributed by atoms with Gasteiger partial charge in [-0.3, -0.25) is 0 Å². The predicted octanol–water partition coefficient (Wildman–Crippen LogP) is 4.48. The van der Waals surface area contributed by atoms with Crippen LogP contribution in [0.3, 0.4) is 0 Å². The molecule has 2 aromatic rings. The van der Waals surface area contributed by atoms with E-state index in [1.54, 1.807) is 12.1 Å². The molecule has 0 radical (unpaired) electrons. The summed E-state index contributed by atoms with van der Waals surface area (Å²) in [7, 11) is -0.349. The highest BCUT2D eigenvalue weighted by molar-refractivity contribution is 6.95. The van der Waals surface area contributed by atoms with Gasteiger partial charge in [0.25, 0.3) is 0 Å². The SMILES string of the molecule is COC(=O)c1ccc(C2=C([Si](C)(C)C)c3ccccc3C2(C)O)cc1. The fraction of sp³-hybridized carbons (Fsp3) is 0.286. The number of carbonyl (C=O) groups excluding carboxylic acids is 1. The van der Waals surface area contributed by atoms with Crippen LogP contribution < -0.4 is 0 Å². The van der Waals surface area contributed by atoms with E-state index in [4.69, 9.17) is 4.74 Å². The summed E-state index contributed by atoms with van der Waals surface area (Å²) in [5.41, 5.74) is 3.49. The van der Waals surface area contributed by atoms with Gasteiger partial charge in [0, 0.05) is 0 Å². The van der Waals surface area contributed by atoms with Crippen LogP contribution in [-0.2, 0) is 10.3 Å². The van der Waals surface area contributed by atoms with Crippen molar-refractivity contribution in [2.45, 2.75) is 32.2 Å². The van der Waals surface area contributed by atoms with Crippen molar-refractivity contribution in [3.05, 3.63) is 70.8 Å². The molecule has 0 fully saturated rings. The number of rotatable bonds is 3. The lowest BCUT2D eigenvalue weighted by molar-refractivity contribution is 0.0600. The molecule has 0 amide bonds. The van der Waals surface area contributed by atoms with Gasteiger partial charge in [-0.15, -0.1) is 0 Å². The van der Waals surface area contributed by atoms with Crippen LogP contribution >= 0.6 is 0 Å². The first-order valence-corrected chi connectivity index (χ1v) is 11.9. The second kappa shape index (κ2) is 5.97. The molecule has 130 valence electrons. The van der Waals surface area contributed by atoms with E-state index in [-0.39, 0.29) is 5.97 Å². The maximum absolute atomic E-state index is 11.7. The van der Waals surface area contributed by atoms with E-state index in [1.807, 2.05) is 37.3 Å². The zero-order valence-electron chi connectivity index (χ0n) is 15.4. The molecule has 1 aliphatic carbocycles. The van der Waals surface area contributed by atoms with Crippen LogP contribution in [0.25, 0.3) is 10.8 Å². The lowest BCUT2D eigenvalue weighted by atomic mass is 9.88. The topological polar surface area (TPSA) is 46.5 Å². The van der Waals surface area contributed by atoms with Crippen LogP contribution in [0.15, 0.2) is 48.5 Å². The molecule has 0 bridgehead atoms. The third-order valence-corrected chi connectivity index (χ3v) is 6.82. The maximum Gasteiger partial charge on any atom is 0.337 e. The third-order valence-electron chi connectivity index (χ3n) is 4.80. The summed E-state index contributed by atoms with van der Waals surface area (Å²) < 4.78 is 4.78. The van der Waals surface area contributed by atoms with Gasteiger partial charge in [0.15, 0.2) is 0 Å². The van der Waals surface area contributed by atoms with Gasteiger partial charge >= 0.3 is 5.97 Å². The second-order valence-corrected chi connectivity index (χ2v) is 12.7. The van der Waals surface area contributed by atoms with E-state index in [9.17, 15) is 9.90 Å². The summed E-state index contributed by atoms with van der Waals surface area (Å²) in [6, 6.07) is 15.4. The minimum absolute atomic E-state index is 0.354. The molecule has 0 aromatic heterocycles. The zero-order valence-corrected chi connectivity index (χ0v) is 16.4. The van der Waals surface area contributed by atoms with Crippen molar-refractivity contribution in [3.8, 4) is 0 Å². The van der Waals surface area contributed by atoms with Crippen molar-refractivity contribution < 1.29 is 14.6 Å². The van der Waals surface area contributed by atoms with Crippen LogP contribution in [-0.4, -0.2) is 26.3 Å². The molecule has 1 aliphatic rings. The molecule has 0 saturated carbocycles. The molecule has 1 N–H and O–H groups in total. The first-order chi connectivity index (χ1) is 11.7. The lowest BCUT2D eigenvalue weighted by Crippen LogP contribution is -2.25. The number of benzene rings is 2. The van der Waals surface area contributed by atoms with E-state index in [0.29, 0.717) is 5.56 Å². The van der Waals surface area contributed by atoms with E-state index >= 15 is 0 Å². The molecular formula is C21H24O3Si. The number of ether oxygens (including phenoxy) is 1. The predicted molar refractivity (Wildman–Crippen MR) is 104 cm³/mol. The number of hydrogen-bond acceptors (Lipinski definition) is 3. The summed E-state index contributed by atoms with van der Waals surface area (Å²) >= 11 is 0. The summed E-state index contributed by atoms with van der Waals surface area (Å²) in [5, 5.41) is 12.7. The molecule has 0 spiro atoms. The Hall–Kier alpha value is -2.17. The number of esters is 1. The lowest BCUT2D eigenvalue weighted by Gasteiger charge is -2.26. The Kier molecular flexibility index (Phi) is 4.21. The highest BCUT2D eigenvalue weighted by atomic mass is 28.3. The van der Waals surface area contributed by atoms with Gasteiger partial charge in [0.1, 0.15) is 5.60 Å². The molecule has 4 heteroatoms. The Morgan fingerprint density at radius 2 is 1.64 bits per heavy atom. The van der Waals surface area contributed by atoms with Gasteiger partial charge in [-0.05, 0) is 46.5 Å². The van der Waals surface area contributed by atoms with E-state index in [1.165, 1.54) is 12.3 Å². The molecule has 3 nitrogen and oxygen atoms in total. The van der Waals surface area contributed by atoms with Crippen LogP contribution in [0, 0.1) is 0 Å². The van der Waals surface area contributed by atoms with Crippen LogP contribution in [0.2, 0.25) is 19.6 Å². The first-order valence-electron chi connectivity index (χ1n) is 8.44. The maximum atomic E-state index is 11.7. The monoisotopic (exact) mass is 352 g/mol. The number of hydrogen-bond donors (Lipinski definition) is 1. The fourth-order valence-corrected chi connectivity index (χ4v) is 5.90. The quantitative estimate of drug-likeness (QED) is 0.654. The molecule has 0 heterocycles. The molecule has 0 saturated heterocycles. The number of carbonyl (C=O) groups is 1. The fourth-order valence-electron chi connectivity index (χ4n) is 3.73. The average molecular weight is 353 g/mol. The molecule has 0 aliphatic heterocycles. The van der Waals surface area contributed by atoms with Crippen molar-refractivity contribution in [2.24, 2.45) is 0 Å². The molecular weight excluding hydrogens is 328 g/mol. The van der Waals surface area contributed by atoms with Crippen molar-refractivity contribution in [1.29, 1.82) is 0 Å². The minimum atomic E-state index is -1.72. The van der Waals surface area contributed by atoms with Gasteiger partial charge in [0.05, 0.1) is 20.7 Å². The van der Waals surface area contributed by atoms with Gasteiger partial charge in [-0.2, -0.15) is 0 Å². The summed E-state index contributed by atoms with van der Waals surface area (Å²) in [6.45, 7) is 8.75. The van der Waals surface area contributed by atoms with Crippen LogP contribution in [0.5, 0.6) is 0 Å². The molecule has 2 aromatic carbocycles. The largest absolute Gasteiger partial charge is 0.465 e. The van der Waals surface area contributed by atoms with Gasteiger partial charge in [-0.25, -0.2) is 4.79 Å². The standard InChI is InChI=1S/C21H24O3Si/c1-21(23)17-9-7-6-8-16(17)19(25(3,4)5)18(21)14-10-12-15(13-11-14)20(22)24-2/h6-13,23H,1-5H3. The van der Waals surface area contributed by atoms with E-state index < -0.39 is 13.7 Å². The Morgan fingerprint density at radius 3 is 2.20 bits per heavy atom. The number of methoxy groups -OCH3 is 1. The minimum Gasteiger partial charge on any atom is -0.465 e. The highest BCUT2D eigenvalue weighted by Gasteiger charge is 2.43. The highest BCUT2D eigenvalue weighted by Crippen LogP contribution is 2.52. The van der Waals surface area contributed by atoms with Gasteiger partial charge in [-0.1, -0.05) is 56.0 Å². The first kappa shape index (κ1) is 17.6. The Morgan fingerprint density at radius 1 is 1.04 bits per heavy atom. The summed E-state index contributed by atoms with van der Waals surface area (Å²) in [6.07, 6.45) is 0. The number of fused-ring (bicyclic) bond motifs is 1. The van der Waals surface area contributed by atoms with Gasteiger partial charge in [0.2, 0.25) is 0 Å². The number of aliphatic hydroxyl groups is 1. The third kappa shape index (κ3) is 2.85. The average Bonchev–Trinajstić information content (AvgIpc) is 2.82. The summed E-state index contributed by atoms with van der Waals surface area (Å²) in [5.74, 6) is -0.354. The zero-order chi connectivity index (χ0) is 18.4. The Labute approximate surface area is 150 Å². The van der Waals surface area contributed by atoms with Crippen molar-refractivity contribution in [1.82, 2.24) is 0 Å². The smallest absolute Gasteiger partial charge is 0.337 e. The van der Waals surface area contributed by atoms with Crippen molar-refractivity contribution >= 4 is 24.8 Å². The normalized spacial score (nSPS) is 19.8. The second-order valence-electron chi connectivity index (χ2n) is 7.69. The van der Waals surface area contributed by atoms with E-state index in [2.05, 4.69) is 25.7 Å². The molecule has 1 unspecified atom stereocenters. The van der Waals surface area contributed by atoms with Gasteiger partial charge < -0.3 is 9.84 Å². The van der Waals surface area contributed by atoms with Crippen molar-refractivity contribution in [3.63, 3.8) is 0 Å². The molecule has 25 heavy (non-hydrogen) atoms. The van der Waals surface area contributed by atoms with Crippen LogP contribution in [0.1, 0.15) is 34.0 Å². The summed E-state index contributed by atoms with van der Waals surface area (Å²) in [4.78, 5) is 11.7. The molecule has 1 atom stereocenters. The Balaban J connectivity index is 2.23. The van der Waals surface area contributed by atoms with Crippen molar-refractivity contribution in [2.75, 3.05) is 7.11 Å². The van der Waals surface area contributed by atoms with Crippen LogP contribution in [0.4, 0.5) is 0 Å². The van der Waals surface area contributed by atoms with E-state index in [0.717, 1.165) is 22.3 Å². The molecule has 3 rings (SSSR count).